The SMILES string of the molecule is Cc1nn(CCO)c(C)c1CNC1CCOc2c(Cl)cccc21. The summed E-state index contributed by atoms with van der Waals surface area (Å²) < 4.78 is 7.57. The predicted octanol–water partition coefficient (Wildman–Crippen LogP) is 2.76. The molecule has 1 aromatic carbocycles. The fourth-order valence-corrected chi connectivity index (χ4v) is 3.36. The van der Waals surface area contributed by atoms with Crippen molar-refractivity contribution in [3.05, 3.63) is 45.7 Å². The van der Waals surface area contributed by atoms with Crippen LogP contribution in [0.2, 0.25) is 5.02 Å². The summed E-state index contributed by atoms with van der Waals surface area (Å²) in [5.41, 5.74) is 4.40. The summed E-state index contributed by atoms with van der Waals surface area (Å²) >= 11 is 6.22. The van der Waals surface area contributed by atoms with Crippen molar-refractivity contribution in [2.24, 2.45) is 0 Å². The van der Waals surface area contributed by atoms with Crippen molar-refractivity contribution in [1.82, 2.24) is 15.1 Å². The van der Waals surface area contributed by atoms with Crippen LogP contribution < -0.4 is 10.1 Å². The van der Waals surface area contributed by atoms with Crippen LogP contribution in [0.15, 0.2) is 18.2 Å². The van der Waals surface area contributed by atoms with Gasteiger partial charge >= 0.3 is 0 Å². The molecule has 2 heterocycles. The molecule has 2 aromatic rings. The van der Waals surface area contributed by atoms with Crippen molar-refractivity contribution in [1.29, 1.82) is 0 Å². The van der Waals surface area contributed by atoms with E-state index in [1.165, 1.54) is 5.56 Å². The smallest absolute Gasteiger partial charge is 0.142 e. The topological polar surface area (TPSA) is 59.3 Å². The van der Waals surface area contributed by atoms with Crippen molar-refractivity contribution in [2.75, 3.05) is 13.2 Å². The van der Waals surface area contributed by atoms with E-state index in [1.54, 1.807) is 0 Å². The minimum Gasteiger partial charge on any atom is -0.492 e. The van der Waals surface area contributed by atoms with E-state index in [2.05, 4.69) is 16.5 Å². The molecule has 0 aliphatic carbocycles. The van der Waals surface area contributed by atoms with Crippen LogP contribution in [0.4, 0.5) is 0 Å². The lowest BCUT2D eigenvalue weighted by Crippen LogP contribution is -2.27. The first-order valence-corrected chi connectivity index (χ1v) is 8.28. The van der Waals surface area contributed by atoms with Gasteiger partial charge in [0.25, 0.3) is 0 Å². The lowest BCUT2D eigenvalue weighted by Gasteiger charge is -2.27. The molecule has 0 bridgehead atoms. The molecular formula is C17H22ClN3O2. The van der Waals surface area contributed by atoms with Gasteiger partial charge in [-0.2, -0.15) is 5.10 Å². The lowest BCUT2D eigenvalue weighted by atomic mass is 10.00. The van der Waals surface area contributed by atoms with E-state index in [0.29, 0.717) is 18.2 Å². The molecule has 1 aliphatic rings. The van der Waals surface area contributed by atoms with Crippen LogP contribution in [0.3, 0.4) is 0 Å². The minimum atomic E-state index is 0.0979. The van der Waals surface area contributed by atoms with E-state index >= 15 is 0 Å². The second-order valence-corrected chi connectivity index (χ2v) is 6.23. The van der Waals surface area contributed by atoms with Crippen molar-refractivity contribution < 1.29 is 9.84 Å². The average molecular weight is 336 g/mol. The number of benzene rings is 1. The third-order valence-corrected chi connectivity index (χ3v) is 4.69. The monoisotopic (exact) mass is 335 g/mol. The van der Waals surface area contributed by atoms with E-state index in [-0.39, 0.29) is 12.6 Å². The maximum Gasteiger partial charge on any atom is 0.142 e. The van der Waals surface area contributed by atoms with Gasteiger partial charge in [-0.1, -0.05) is 23.7 Å². The van der Waals surface area contributed by atoms with Gasteiger partial charge in [0.15, 0.2) is 0 Å². The number of ether oxygens (including phenoxy) is 1. The number of para-hydroxylation sites is 1. The van der Waals surface area contributed by atoms with Gasteiger partial charge in [-0.25, -0.2) is 0 Å². The Hall–Kier alpha value is -1.56. The van der Waals surface area contributed by atoms with E-state index in [4.69, 9.17) is 21.4 Å². The molecule has 0 fully saturated rings. The number of aryl methyl sites for hydroxylation is 1. The maximum absolute atomic E-state index is 9.11. The van der Waals surface area contributed by atoms with Gasteiger partial charge in [-0.05, 0) is 19.9 Å². The van der Waals surface area contributed by atoms with Crippen LogP contribution in [0.1, 0.15) is 35.0 Å². The third-order valence-electron chi connectivity index (χ3n) is 4.39. The number of aromatic nitrogens is 2. The molecule has 1 atom stereocenters. The third kappa shape index (κ3) is 3.22. The summed E-state index contributed by atoms with van der Waals surface area (Å²) in [5, 5.41) is 17.9. The molecule has 124 valence electrons. The molecule has 2 N–H and O–H groups in total. The van der Waals surface area contributed by atoms with Crippen LogP contribution in [0.5, 0.6) is 5.75 Å². The second-order valence-electron chi connectivity index (χ2n) is 5.82. The number of hydrogen-bond donors (Lipinski definition) is 2. The zero-order valence-corrected chi connectivity index (χ0v) is 14.2. The fourth-order valence-electron chi connectivity index (χ4n) is 3.13. The zero-order valence-electron chi connectivity index (χ0n) is 13.5. The molecule has 0 saturated carbocycles. The van der Waals surface area contributed by atoms with E-state index in [0.717, 1.165) is 35.7 Å². The Kier molecular flexibility index (Phi) is 4.90. The number of aliphatic hydroxyl groups is 1. The first-order valence-electron chi connectivity index (χ1n) is 7.90. The van der Waals surface area contributed by atoms with Crippen LogP contribution in [-0.2, 0) is 13.1 Å². The quantitative estimate of drug-likeness (QED) is 0.882. The van der Waals surface area contributed by atoms with Gasteiger partial charge < -0.3 is 15.2 Å². The van der Waals surface area contributed by atoms with Gasteiger partial charge in [-0.3, -0.25) is 4.68 Å². The van der Waals surface area contributed by atoms with Gasteiger partial charge in [0, 0.05) is 35.8 Å². The summed E-state index contributed by atoms with van der Waals surface area (Å²) in [5.74, 6) is 0.794. The summed E-state index contributed by atoms with van der Waals surface area (Å²) in [7, 11) is 0. The highest BCUT2D eigenvalue weighted by molar-refractivity contribution is 6.32. The molecular weight excluding hydrogens is 314 g/mol. The highest BCUT2D eigenvalue weighted by Gasteiger charge is 2.23. The number of rotatable bonds is 5. The molecule has 1 aliphatic heterocycles. The average Bonchev–Trinajstić information content (AvgIpc) is 2.80. The summed E-state index contributed by atoms with van der Waals surface area (Å²) in [6.45, 7) is 6.08. The van der Waals surface area contributed by atoms with Crippen LogP contribution in [0.25, 0.3) is 0 Å². The first kappa shape index (κ1) is 16.3. The molecule has 23 heavy (non-hydrogen) atoms. The largest absolute Gasteiger partial charge is 0.492 e. The van der Waals surface area contributed by atoms with E-state index < -0.39 is 0 Å². The summed E-state index contributed by atoms with van der Waals surface area (Å²) in [6, 6.07) is 6.10. The molecule has 0 saturated heterocycles. The second kappa shape index (κ2) is 6.91. The van der Waals surface area contributed by atoms with Gasteiger partial charge in [0.1, 0.15) is 5.75 Å². The Balaban J connectivity index is 1.77. The predicted molar refractivity (Wildman–Crippen MR) is 89.9 cm³/mol. The van der Waals surface area contributed by atoms with Gasteiger partial charge in [0.05, 0.1) is 30.5 Å². The minimum absolute atomic E-state index is 0.0979. The number of fused-ring (bicyclic) bond motifs is 1. The highest BCUT2D eigenvalue weighted by atomic mass is 35.5. The highest BCUT2D eigenvalue weighted by Crippen LogP contribution is 2.37. The van der Waals surface area contributed by atoms with Gasteiger partial charge in [0.2, 0.25) is 0 Å². The molecule has 3 rings (SSSR count). The molecule has 1 unspecified atom stereocenters. The molecule has 5 nitrogen and oxygen atoms in total. The zero-order chi connectivity index (χ0) is 16.4. The van der Waals surface area contributed by atoms with Crippen LogP contribution >= 0.6 is 11.6 Å². The fraction of sp³-hybridized carbons (Fsp3) is 0.471. The standard InChI is InChI=1S/C17H22ClN3O2/c1-11-14(12(2)21(20-11)7-8-22)10-19-16-6-9-23-17-13(16)4-3-5-15(17)18/h3-5,16,19,22H,6-10H2,1-2H3. The van der Waals surface area contributed by atoms with E-state index in [1.807, 2.05) is 30.7 Å². The first-order chi connectivity index (χ1) is 11.1. The summed E-state index contributed by atoms with van der Waals surface area (Å²) in [6.07, 6.45) is 0.913. The van der Waals surface area contributed by atoms with Crippen LogP contribution in [0, 0.1) is 13.8 Å². The molecule has 0 amide bonds. The summed E-state index contributed by atoms with van der Waals surface area (Å²) in [4.78, 5) is 0. The van der Waals surface area contributed by atoms with Crippen molar-refractivity contribution >= 4 is 11.6 Å². The number of aliphatic hydroxyl groups excluding tert-OH is 1. The Morgan fingerprint density at radius 2 is 2.26 bits per heavy atom. The molecule has 0 radical (unpaired) electrons. The number of hydrogen-bond acceptors (Lipinski definition) is 4. The van der Waals surface area contributed by atoms with Crippen molar-refractivity contribution in [3.63, 3.8) is 0 Å². The Labute approximate surface area is 141 Å². The Morgan fingerprint density at radius 1 is 1.43 bits per heavy atom. The van der Waals surface area contributed by atoms with Crippen molar-refractivity contribution in [3.8, 4) is 5.75 Å². The number of nitrogens with one attached hydrogen (secondary N) is 1. The maximum atomic E-state index is 9.11. The van der Waals surface area contributed by atoms with Crippen molar-refractivity contribution in [2.45, 2.75) is 39.4 Å². The number of nitrogens with zero attached hydrogens (tertiary/aromatic N) is 2. The molecule has 1 aromatic heterocycles. The van der Waals surface area contributed by atoms with Crippen LogP contribution in [-0.4, -0.2) is 28.1 Å². The van der Waals surface area contributed by atoms with E-state index in [9.17, 15) is 0 Å². The number of halogens is 1. The molecule has 0 spiro atoms. The molecule has 6 heteroatoms. The Bertz CT molecular complexity index is 699. The lowest BCUT2D eigenvalue weighted by molar-refractivity contribution is 0.252. The van der Waals surface area contributed by atoms with Gasteiger partial charge in [-0.15, -0.1) is 0 Å². The normalized spacial score (nSPS) is 17.0. The Morgan fingerprint density at radius 3 is 3.04 bits per heavy atom.